The molecule has 0 amide bonds. The molecule has 0 spiro atoms. The SMILES string of the molecule is CC(C)[N]=[W].CCC(C)(C)[N-]/C=C\[N-]C(C)(C)CC.CC[N-]CC.CC[N-]CC. The summed E-state index contributed by atoms with van der Waals surface area (Å²) in [5, 5.41) is 16.8. The second kappa shape index (κ2) is 25.8. The fraction of sp³-hybridized carbons (Fsp3) is 0.913. The number of rotatable bonds is 11. The van der Waals surface area contributed by atoms with Crippen molar-refractivity contribution in [2.45, 2.75) is 113 Å². The van der Waals surface area contributed by atoms with E-state index in [4.69, 9.17) is 0 Å². The third-order valence-electron chi connectivity index (χ3n) is 3.75. The van der Waals surface area contributed by atoms with Crippen LogP contribution in [0.15, 0.2) is 15.9 Å². The maximum atomic E-state index is 4.44. The van der Waals surface area contributed by atoms with Crippen LogP contribution in [0.1, 0.15) is 95.9 Å². The minimum absolute atomic E-state index is 0.0440. The van der Waals surface area contributed by atoms with E-state index in [1.54, 1.807) is 0 Å². The third-order valence-corrected chi connectivity index (χ3v) is 5.27. The minimum atomic E-state index is 0.0440. The molecule has 0 radical (unpaired) electrons. The van der Waals surface area contributed by atoms with E-state index in [9.17, 15) is 0 Å². The normalized spacial score (nSPS) is 10.8. The summed E-state index contributed by atoms with van der Waals surface area (Å²) < 4.78 is 3.97. The Bertz CT molecular complexity index is 312. The molecule has 0 aliphatic heterocycles. The molecule has 0 saturated heterocycles. The Hall–Kier alpha value is -0.252. The van der Waals surface area contributed by atoms with Gasteiger partial charge in [-0.3, -0.25) is 0 Å². The Labute approximate surface area is 195 Å². The van der Waals surface area contributed by atoms with Gasteiger partial charge in [-0.25, -0.2) is 12.4 Å². The maximum Gasteiger partial charge on any atom is -0.0663 e. The fourth-order valence-electron chi connectivity index (χ4n) is 1.10. The Kier molecular flexibility index (Phi) is 32.1. The molecule has 29 heavy (non-hydrogen) atoms. The van der Waals surface area contributed by atoms with Crippen molar-refractivity contribution in [2.24, 2.45) is 3.50 Å². The van der Waals surface area contributed by atoms with Gasteiger partial charge in [-0.05, 0) is 0 Å². The molecule has 5 nitrogen and oxygen atoms in total. The van der Waals surface area contributed by atoms with E-state index in [1.165, 1.54) is 19.6 Å². The molecule has 0 N–H and O–H groups in total. The first-order valence-electron chi connectivity index (χ1n) is 11.1. The van der Waals surface area contributed by atoms with E-state index >= 15 is 0 Å². The van der Waals surface area contributed by atoms with Gasteiger partial charge >= 0.3 is 43.0 Å². The molecular weight excluding hydrogens is 530 g/mol. The number of hydrogen-bond acceptors (Lipinski definition) is 1. The van der Waals surface area contributed by atoms with E-state index in [0.717, 1.165) is 39.0 Å². The molecule has 0 unspecified atom stereocenters. The van der Waals surface area contributed by atoms with Gasteiger partial charge in [-0.1, -0.05) is 82.1 Å². The zero-order chi connectivity index (χ0) is 23.8. The van der Waals surface area contributed by atoms with Crippen LogP contribution in [0, 0.1) is 0 Å². The summed E-state index contributed by atoms with van der Waals surface area (Å²) in [7, 11) is 0. The van der Waals surface area contributed by atoms with E-state index < -0.39 is 0 Å². The van der Waals surface area contributed by atoms with E-state index in [-0.39, 0.29) is 11.1 Å². The molecule has 0 bridgehead atoms. The summed E-state index contributed by atoms with van der Waals surface area (Å²) in [5.41, 5.74) is 0.0881. The van der Waals surface area contributed by atoms with Gasteiger partial charge in [0, 0.05) is 0 Å². The van der Waals surface area contributed by atoms with Gasteiger partial charge in [-0.15, -0.1) is 11.1 Å². The van der Waals surface area contributed by atoms with Crippen molar-refractivity contribution in [1.29, 1.82) is 0 Å². The van der Waals surface area contributed by atoms with Crippen LogP contribution in [0.5, 0.6) is 0 Å². The van der Waals surface area contributed by atoms with Crippen LogP contribution < -0.4 is 0 Å². The van der Waals surface area contributed by atoms with Crippen molar-refractivity contribution in [3.8, 4) is 0 Å². The van der Waals surface area contributed by atoms with Gasteiger partial charge in [0.15, 0.2) is 0 Å². The molecule has 0 rings (SSSR count). The molecule has 6 heteroatoms. The zero-order valence-electron chi connectivity index (χ0n) is 21.6. The van der Waals surface area contributed by atoms with Gasteiger partial charge < -0.3 is 21.3 Å². The van der Waals surface area contributed by atoms with Gasteiger partial charge in [0.2, 0.25) is 0 Å². The zero-order valence-corrected chi connectivity index (χ0v) is 24.6. The van der Waals surface area contributed by atoms with Crippen LogP contribution in [-0.2, 0) is 19.6 Å². The number of hydrogen-bond donors (Lipinski definition) is 0. The van der Waals surface area contributed by atoms with Gasteiger partial charge in [0.05, 0.1) is 0 Å². The Balaban J connectivity index is -0.000000171. The standard InChI is InChI=1S/C12H24N2.2C4H10N.C3H7N.W/c1-7-11(3,4)13-9-10-14-12(5,6)8-2;2*1-3-5-4-2;1-3(2)4;/h9-10H,7-8H2,1-6H3;2*3-4H2,1-2H3;3H,1-2H3;/q-2;2*-1;;/b10-9-;;;;. The first-order chi connectivity index (χ1) is 13.4. The van der Waals surface area contributed by atoms with Crippen LogP contribution in [-0.4, -0.2) is 43.3 Å². The average molecular weight is 582 g/mol. The Morgan fingerprint density at radius 2 is 0.931 bits per heavy atom. The largest absolute Gasteiger partial charge is 0.687 e. The monoisotopic (exact) mass is 581 g/mol. The van der Waals surface area contributed by atoms with Gasteiger partial charge in [0.1, 0.15) is 0 Å². The molecule has 0 atom stereocenters. The molecule has 178 valence electrons. The first-order valence-corrected chi connectivity index (χ1v) is 12.4. The predicted octanol–water partition coefficient (Wildman–Crippen LogP) is 8.51. The van der Waals surface area contributed by atoms with E-state index in [2.05, 4.69) is 80.2 Å². The number of nitrogens with zero attached hydrogens (tertiary/aromatic N) is 5. The van der Waals surface area contributed by atoms with Crippen molar-refractivity contribution in [2.75, 3.05) is 26.2 Å². The van der Waals surface area contributed by atoms with Crippen LogP contribution in [0.3, 0.4) is 0 Å². The summed E-state index contributed by atoms with van der Waals surface area (Å²) in [6, 6.07) is 0.546. The van der Waals surface area contributed by atoms with Gasteiger partial charge in [0.25, 0.3) is 0 Å². The molecule has 0 saturated carbocycles. The molecule has 0 aliphatic carbocycles. The van der Waals surface area contributed by atoms with Crippen molar-refractivity contribution < 1.29 is 19.6 Å². The van der Waals surface area contributed by atoms with Crippen LogP contribution in [0.2, 0.25) is 0 Å². The summed E-state index contributed by atoms with van der Waals surface area (Å²) >= 11 is 1.33. The molecule has 0 heterocycles. The third kappa shape index (κ3) is 42.7. The fourth-order valence-corrected chi connectivity index (χ4v) is 1.10. The van der Waals surface area contributed by atoms with Crippen LogP contribution in [0.4, 0.5) is 0 Å². The van der Waals surface area contributed by atoms with Crippen LogP contribution in [0.25, 0.3) is 21.3 Å². The quantitative estimate of drug-likeness (QED) is 0.235. The molecule has 0 aliphatic rings. The minimum Gasteiger partial charge on any atom is -0.687 e. The smallest absolute Gasteiger partial charge is 0.0663 e. The van der Waals surface area contributed by atoms with Crippen molar-refractivity contribution >= 4 is 0 Å². The summed E-state index contributed by atoms with van der Waals surface area (Å²) in [6.45, 7) is 29.0. The second-order valence-corrected chi connectivity index (χ2v) is 8.56. The Morgan fingerprint density at radius 3 is 1.03 bits per heavy atom. The average Bonchev–Trinajstić information content (AvgIpc) is 2.68. The van der Waals surface area contributed by atoms with Gasteiger partial charge in [-0.2, -0.15) is 26.2 Å². The van der Waals surface area contributed by atoms with Crippen molar-refractivity contribution in [1.82, 2.24) is 0 Å². The molecule has 0 aromatic rings. The molecule has 0 fully saturated rings. The molecule has 0 aromatic heterocycles. The van der Waals surface area contributed by atoms with E-state index in [1.807, 2.05) is 40.1 Å². The molecule has 0 aromatic carbocycles. The topological polar surface area (TPSA) is 68.8 Å². The van der Waals surface area contributed by atoms with Crippen molar-refractivity contribution in [3.63, 3.8) is 0 Å². The molecular formula is C23H51N5W-4. The van der Waals surface area contributed by atoms with Crippen molar-refractivity contribution in [3.05, 3.63) is 33.7 Å². The second-order valence-electron chi connectivity index (χ2n) is 7.80. The van der Waals surface area contributed by atoms with E-state index in [0.29, 0.717) is 6.04 Å². The van der Waals surface area contributed by atoms with Crippen LogP contribution >= 0.6 is 0 Å². The summed E-state index contributed by atoms with van der Waals surface area (Å²) in [6.07, 6.45) is 5.74. The summed E-state index contributed by atoms with van der Waals surface area (Å²) in [4.78, 5) is 0. The predicted molar refractivity (Wildman–Crippen MR) is 131 cm³/mol. The summed E-state index contributed by atoms with van der Waals surface area (Å²) in [5.74, 6) is 0. The Morgan fingerprint density at radius 1 is 0.690 bits per heavy atom. The first kappa shape index (κ1) is 36.1. The maximum absolute atomic E-state index is 4.44.